The average molecular weight is 518 g/mol. The molecule has 0 saturated heterocycles. The molecule has 0 amide bonds. The molecule has 0 aliphatic carbocycles. The van der Waals surface area contributed by atoms with E-state index >= 15 is 0 Å². The summed E-state index contributed by atoms with van der Waals surface area (Å²) in [7, 11) is 0. The van der Waals surface area contributed by atoms with Gasteiger partial charge in [-0.15, -0.1) is 0 Å². The van der Waals surface area contributed by atoms with E-state index in [1.807, 2.05) is 6.92 Å². The normalized spacial score (nSPS) is 11.4. The van der Waals surface area contributed by atoms with E-state index in [1.165, 1.54) is 103 Å². The Labute approximate surface area is 229 Å². The van der Waals surface area contributed by atoms with Crippen LogP contribution in [0.3, 0.4) is 0 Å². The molecule has 0 fully saturated rings. The van der Waals surface area contributed by atoms with Crippen LogP contribution in [0, 0.1) is 13.8 Å². The number of carbonyl (C=O) groups is 2. The summed E-state index contributed by atoms with van der Waals surface area (Å²) in [5, 5.41) is 9.21. The quantitative estimate of drug-likeness (QED) is 0.104. The fraction of sp³-hybridized carbons (Fsp3) is 0.818. The summed E-state index contributed by atoms with van der Waals surface area (Å²) in [6, 6.07) is 0. The van der Waals surface area contributed by atoms with Crippen molar-refractivity contribution in [2.45, 2.75) is 175 Å². The molecule has 0 bridgehead atoms. The number of carbonyl (C=O) groups excluding carboxylic acids is 1. The smallest absolute Gasteiger partial charge is 0.303 e. The van der Waals surface area contributed by atoms with Crippen LogP contribution in [0.25, 0.3) is 0 Å². The second-order valence-electron chi connectivity index (χ2n) is 11.3. The van der Waals surface area contributed by atoms with Crippen LogP contribution in [0.2, 0.25) is 0 Å². The van der Waals surface area contributed by atoms with Gasteiger partial charge in [0.2, 0.25) is 0 Å². The van der Waals surface area contributed by atoms with Gasteiger partial charge < -0.3 is 9.67 Å². The van der Waals surface area contributed by atoms with Gasteiger partial charge in [0.05, 0.1) is 6.42 Å². The van der Waals surface area contributed by atoms with Crippen LogP contribution in [0.15, 0.2) is 0 Å². The lowest BCUT2D eigenvalue weighted by Gasteiger charge is -2.12. The third-order valence-electron chi connectivity index (χ3n) is 8.00. The number of aliphatic carboxylic acids is 1. The van der Waals surface area contributed by atoms with Crippen molar-refractivity contribution >= 4 is 11.8 Å². The van der Waals surface area contributed by atoms with Crippen LogP contribution >= 0.6 is 0 Å². The van der Waals surface area contributed by atoms with Gasteiger partial charge >= 0.3 is 5.97 Å². The lowest BCUT2D eigenvalue weighted by Crippen LogP contribution is -2.08. The molecule has 1 rings (SSSR count). The van der Waals surface area contributed by atoms with Crippen LogP contribution in [-0.2, 0) is 17.8 Å². The Balaban J connectivity index is 2.33. The zero-order chi connectivity index (χ0) is 27.3. The van der Waals surface area contributed by atoms with Crippen molar-refractivity contribution in [2.75, 3.05) is 0 Å². The molecule has 0 atom stereocenters. The zero-order valence-corrected chi connectivity index (χ0v) is 25.0. The molecule has 214 valence electrons. The second kappa shape index (κ2) is 21.4. The maximum Gasteiger partial charge on any atom is 0.303 e. The number of nitrogens with zero attached hydrogens (tertiary/aromatic N) is 1. The number of ketones is 1. The van der Waals surface area contributed by atoms with E-state index in [0.717, 1.165) is 48.3 Å². The zero-order valence-electron chi connectivity index (χ0n) is 25.0. The third-order valence-corrected chi connectivity index (χ3v) is 8.00. The summed E-state index contributed by atoms with van der Waals surface area (Å²) < 4.78 is 2.24. The molecular weight excluding hydrogens is 458 g/mol. The van der Waals surface area contributed by atoms with E-state index in [2.05, 4.69) is 25.3 Å². The highest BCUT2D eigenvalue weighted by Crippen LogP contribution is 2.26. The fourth-order valence-corrected chi connectivity index (χ4v) is 5.70. The SMILES string of the molecule is CCCCCCCCCCCCCCCCCC(=O)c1c(C)c(CCC(=O)O)n(CCCCCC)c1C. The van der Waals surface area contributed by atoms with Crippen molar-refractivity contribution < 1.29 is 14.7 Å². The van der Waals surface area contributed by atoms with Crippen molar-refractivity contribution in [3.05, 3.63) is 22.5 Å². The minimum absolute atomic E-state index is 0.117. The summed E-state index contributed by atoms with van der Waals surface area (Å²) in [5.41, 5.74) is 3.97. The molecule has 0 radical (unpaired) electrons. The first-order chi connectivity index (χ1) is 17.9. The molecule has 0 saturated carbocycles. The van der Waals surface area contributed by atoms with E-state index in [1.54, 1.807) is 0 Å². The Hall–Kier alpha value is -1.58. The Morgan fingerprint density at radius 3 is 1.51 bits per heavy atom. The maximum absolute atomic E-state index is 13.2. The van der Waals surface area contributed by atoms with Gasteiger partial charge in [0, 0.05) is 29.9 Å². The minimum Gasteiger partial charge on any atom is -0.481 e. The number of hydrogen-bond donors (Lipinski definition) is 1. The lowest BCUT2D eigenvalue weighted by molar-refractivity contribution is -0.137. The second-order valence-corrected chi connectivity index (χ2v) is 11.3. The Kier molecular flexibility index (Phi) is 19.3. The highest BCUT2D eigenvalue weighted by atomic mass is 16.4. The molecule has 1 aromatic heterocycles. The van der Waals surface area contributed by atoms with Crippen LogP contribution in [0.1, 0.15) is 176 Å². The first-order valence-corrected chi connectivity index (χ1v) is 15.9. The van der Waals surface area contributed by atoms with Crippen molar-refractivity contribution in [1.82, 2.24) is 4.57 Å². The molecule has 0 aromatic carbocycles. The van der Waals surface area contributed by atoms with Gasteiger partial charge in [-0.25, -0.2) is 0 Å². The molecule has 0 aliphatic rings. The van der Waals surface area contributed by atoms with Crippen molar-refractivity contribution in [3.63, 3.8) is 0 Å². The van der Waals surface area contributed by atoms with Crippen LogP contribution in [0.5, 0.6) is 0 Å². The topological polar surface area (TPSA) is 59.3 Å². The molecule has 0 spiro atoms. The van der Waals surface area contributed by atoms with Gasteiger partial charge in [-0.1, -0.05) is 123 Å². The molecular formula is C33H59NO3. The summed E-state index contributed by atoms with van der Waals surface area (Å²) >= 11 is 0. The van der Waals surface area contributed by atoms with Crippen LogP contribution in [0.4, 0.5) is 0 Å². The summed E-state index contributed by atoms with van der Waals surface area (Å²) in [5.74, 6) is -0.532. The van der Waals surface area contributed by atoms with Crippen molar-refractivity contribution in [2.24, 2.45) is 0 Å². The van der Waals surface area contributed by atoms with Crippen molar-refractivity contribution in [1.29, 1.82) is 0 Å². The average Bonchev–Trinajstić information content (AvgIpc) is 3.11. The summed E-state index contributed by atoms with van der Waals surface area (Å²) in [6.45, 7) is 9.44. The molecule has 1 N–H and O–H groups in total. The predicted octanol–water partition coefficient (Wildman–Crippen LogP) is 10.1. The van der Waals surface area contributed by atoms with Crippen LogP contribution < -0.4 is 0 Å². The first-order valence-electron chi connectivity index (χ1n) is 15.9. The highest BCUT2D eigenvalue weighted by Gasteiger charge is 2.22. The monoisotopic (exact) mass is 517 g/mol. The van der Waals surface area contributed by atoms with Crippen LogP contribution in [-0.4, -0.2) is 21.4 Å². The van der Waals surface area contributed by atoms with E-state index in [9.17, 15) is 14.7 Å². The van der Waals surface area contributed by atoms with Gasteiger partial charge in [-0.3, -0.25) is 9.59 Å². The molecule has 0 unspecified atom stereocenters. The number of hydrogen-bond acceptors (Lipinski definition) is 2. The van der Waals surface area contributed by atoms with Gasteiger partial charge in [0.1, 0.15) is 0 Å². The molecule has 37 heavy (non-hydrogen) atoms. The van der Waals surface area contributed by atoms with E-state index < -0.39 is 5.97 Å². The summed E-state index contributed by atoms with van der Waals surface area (Å²) in [6.07, 6.45) is 25.8. The van der Waals surface area contributed by atoms with Gasteiger partial charge in [0.15, 0.2) is 5.78 Å². The number of Topliss-reactive ketones (excluding diaryl/α,β-unsaturated/α-hetero) is 1. The Morgan fingerprint density at radius 1 is 0.622 bits per heavy atom. The molecule has 1 heterocycles. The fourth-order valence-electron chi connectivity index (χ4n) is 5.70. The summed E-state index contributed by atoms with van der Waals surface area (Å²) in [4.78, 5) is 24.4. The lowest BCUT2D eigenvalue weighted by atomic mass is 9.99. The highest BCUT2D eigenvalue weighted by molar-refractivity contribution is 5.99. The number of carboxylic acid groups (broad SMARTS) is 1. The number of carboxylic acids is 1. The molecule has 4 heteroatoms. The number of unbranched alkanes of at least 4 members (excludes halogenated alkanes) is 17. The standard InChI is InChI=1S/C33H59NO3/c1-5-7-9-11-12-13-14-15-16-17-18-19-20-21-22-24-31(35)33-28(3)30(25-26-32(36)37)34(29(33)4)27-23-10-8-6-2/h5-27H2,1-4H3,(H,36,37). The Bertz CT molecular complexity index is 749. The maximum atomic E-state index is 13.2. The molecule has 1 aromatic rings. The first kappa shape index (κ1) is 33.4. The number of aromatic nitrogens is 1. The molecule has 0 aliphatic heterocycles. The molecule has 4 nitrogen and oxygen atoms in total. The predicted molar refractivity (Wildman–Crippen MR) is 158 cm³/mol. The Morgan fingerprint density at radius 2 is 1.05 bits per heavy atom. The van der Waals surface area contributed by atoms with E-state index in [-0.39, 0.29) is 12.2 Å². The van der Waals surface area contributed by atoms with Gasteiger partial charge in [-0.05, 0) is 38.7 Å². The third kappa shape index (κ3) is 14.2. The van der Waals surface area contributed by atoms with E-state index in [0.29, 0.717) is 12.8 Å². The largest absolute Gasteiger partial charge is 0.481 e. The number of rotatable bonds is 25. The van der Waals surface area contributed by atoms with Crippen molar-refractivity contribution in [3.8, 4) is 0 Å². The van der Waals surface area contributed by atoms with Gasteiger partial charge in [-0.2, -0.15) is 0 Å². The minimum atomic E-state index is -0.776. The van der Waals surface area contributed by atoms with E-state index in [4.69, 9.17) is 0 Å². The van der Waals surface area contributed by atoms with Gasteiger partial charge in [0.25, 0.3) is 0 Å².